The third-order valence-corrected chi connectivity index (χ3v) is 3.72. The minimum Gasteiger partial charge on any atom is -0.494 e. The van der Waals surface area contributed by atoms with Gasteiger partial charge in [0.25, 0.3) is 0 Å². The molecule has 2 aromatic carbocycles. The molecule has 2 N–H and O–H groups in total. The van der Waals surface area contributed by atoms with E-state index in [-0.39, 0.29) is 5.88 Å². The fraction of sp³-hybridized carbons (Fsp3) is 0.118. The van der Waals surface area contributed by atoms with E-state index in [0.717, 1.165) is 23.0 Å². The lowest BCUT2D eigenvalue weighted by Crippen LogP contribution is -1.83. The van der Waals surface area contributed by atoms with Crippen LogP contribution >= 0.6 is 11.6 Å². The quantitative estimate of drug-likeness (QED) is 0.668. The summed E-state index contributed by atoms with van der Waals surface area (Å²) in [4.78, 5) is 7.44. The maximum Gasteiger partial charge on any atom is 0.198 e. The molecule has 21 heavy (non-hydrogen) atoms. The monoisotopic (exact) mass is 298 g/mol. The van der Waals surface area contributed by atoms with Gasteiger partial charge in [0.1, 0.15) is 0 Å². The number of hydrogen-bond donors (Lipinski definition) is 2. The molecular weight excluding hydrogens is 284 g/mol. The Morgan fingerprint density at radius 1 is 1.24 bits per heavy atom. The van der Waals surface area contributed by atoms with Gasteiger partial charge < -0.3 is 10.1 Å². The van der Waals surface area contributed by atoms with Gasteiger partial charge in [-0.15, -0.1) is 0 Å². The highest BCUT2D eigenvalue weighted by molar-refractivity contribution is 6.31. The summed E-state index contributed by atoms with van der Waals surface area (Å²) in [6, 6.07) is 13.4. The number of aryl methyl sites for hydroxylation is 1. The Morgan fingerprint density at radius 2 is 2.05 bits per heavy atom. The third kappa shape index (κ3) is 2.65. The van der Waals surface area contributed by atoms with E-state index < -0.39 is 0 Å². The van der Waals surface area contributed by atoms with Crippen molar-refractivity contribution in [1.82, 2.24) is 4.98 Å². The second kappa shape index (κ2) is 5.62. The maximum atomic E-state index is 10.0. The Morgan fingerprint density at radius 3 is 2.86 bits per heavy atom. The second-order valence-electron chi connectivity index (χ2n) is 4.82. The van der Waals surface area contributed by atoms with Crippen LogP contribution in [0.4, 0.5) is 5.69 Å². The van der Waals surface area contributed by atoms with Gasteiger partial charge in [0, 0.05) is 22.1 Å². The number of para-hydroxylation sites is 1. The number of aromatic nitrogens is 1. The number of hydrogen-bond acceptors (Lipinski definition) is 2. The Labute approximate surface area is 127 Å². The molecule has 0 fully saturated rings. The number of nitrogens with one attached hydrogen (secondary N) is 1. The van der Waals surface area contributed by atoms with Crippen LogP contribution in [0, 0.1) is 0 Å². The molecule has 3 aromatic rings. The summed E-state index contributed by atoms with van der Waals surface area (Å²) >= 11 is 6.02. The molecule has 0 unspecified atom stereocenters. The van der Waals surface area contributed by atoms with Crippen molar-refractivity contribution >= 4 is 34.4 Å². The van der Waals surface area contributed by atoms with Crippen molar-refractivity contribution in [3.8, 4) is 5.88 Å². The standard InChI is InChI=1S/C17H15ClN2O/c1-2-11-5-3-4-6-15(11)19-10-14-13-9-12(18)7-8-16(13)20-17(14)21/h3-10,20-21H,2H2,1H3. The van der Waals surface area contributed by atoms with E-state index in [1.165, 1.54) is 5.56 Å². The molecule has 0 spiro atoms. The highest BCUT2D eigenvalue weighted by Crippen LogP contribution is 2.29. The van der Waals surface area contributed by atoms with E-state index >= 15 is 0 Å². The summed E-state index contributed by atoms with van der Waals surface area (Å²) in [6.45, 7) is 2.09. The van der Waals surface area contributed by atoms with Crippen LogP contribution in [0.15, 0.2) is 47.5 Å². The lowest BCUT2D eigenvalue weighted by Gasteiger charge is -2.01. The van der Waals surface area contributed by atoms with Crippen LogP contribution in [0.1, 0.15) is 18.1 Å². The zero-order chi connectivity index (χ0) is 14.8. The fourth-order valence-corrected chi connectivity index (χ4v) is 2.54. The molecule has 0 radical (unpaired) electrons. The third-order valence-electron chi connectivity index (χ3n) is 3.49. The van der Waals surface area contributed by atoms with Crippen LogP contribution in [0.25, 0.3) is 10.9 Å². The number of fused-ring (bicyclic) bond motifs is 1. The summed E-state index contributed by atoms with van der Waals surface area (Å²) in [5.74, 6) is 0.102. The SMILES string of the molecule is CCc1ccccc1N=Cc1c(O)[nH]c2ccc(Cl)cc12. The highest BCUT2D eigenvalue weighted by atomic mass is 35.5. The van der Waals surface area contributed by atoms with Gasteiger partial charge >= 0.3 is 0 Å². The van der Waals surface area contributed by atoms with Crippen LogP contribution in [-0.2, 0) is 6.42 Å². The van der Waals surface area contributed by atoms with Gasteiger partial charge in [-0.05, 0) is 36.2 Å². The van der Waals surface area contributed by atoms with Crippen molar-refractivity contribution < 1.29 is 5.11 Å². The van der Waals surface area contributed by atoms with E-state index in [0.29, 0.717) is 10.6 Å². The van der Waals surface area contributed by atoms with Gasteiger partial charge in [0.15, 0.2) is 5.88 Å². The summed E-state index contributed by atoms with van der Waals surface area (Å²) in [7, 11) is 0. The first-order valence-corrected chi connectivity index (χ1v) is 7.19. The Balaban J connectivity index is 2.07. The van der Waals surface area contributed by atoms with Gasteiger partial charge in [0.05, 0.1) is 11.3 Å². The van der Waals surface area contributed by atoms with Crippen molar-refractivity contribution in [2.45, 2.75) is 13.3 Å². The largest absolute Gasteiger partial charge is 0.494 e. The summed E-state index contributed by atoms with van der Waals surface area (Å²) in [5.41, 5.74) is 3.57. The van der Waals surface area contributed by atoms with Crippen molar-refractivity contribution in [3.63, 3.8) is 0 Å². The molecule has 0 aliphatic heterocycles. The number of aliphatic imine (C=N–C) groups is 1. The Bertz CT molecular complexity index is 821. The van der Waals surface area contributed by atoms with Crippen molar-refractivity contribution in [1.29, 1.82) is 0 Å². The molecule has 106 valence electrons. The predicted octanol–water partition coefficient (Wildman–Crippen LogP) is 4.84. The van der Waals surface area contributed by atoms with Gasteiger partial charge in [-0.2, -0.15) is 0 Å². The average molecular weight is 299 g/mol. The minimum atomic E-state index is 0.102. The molecule has 0 aliphatic carbocycles. The molecule has 0 amide bonds. The fourth-order valence-electron chi connectivity index (χ4n) is 2.37. The van der Waals surface area contributed by atoms with Crippen LogP contribution in [-0.4, -0.2) is 16.3 Å². The van der Waals surface area contributed by atoms with Gasteiger partial charge in [-0.25, -0.2) is 0 Å². The minimum absolute atomic E-state index is 0.102. The normalized spacial score (nSPS) is 11.5. The van der Waals surface area contributed by atoms with Crippen LogP contribution < -0.4 is 0 Å². The lowest BCUT2D eigenvalue weighted by atomic mass is 10.1. The first kappa shape index (κ1) is 13.7. The number of benzene rings is 2. The predicted molar refractivity (Wildman–Crippen MR) is 88.0 cm³/mol. The number of rotatable bonds is 3. The van der Waals surface area contributed by atoms with E-state index in [9.17, 15) is 5.11 Å². The smallest absolute Gasteiger partial charge is 0.198 e. The molecule has 3 rings (SSSR count). The Kier molecular flexibility index (Phi) is 3.67. The molecule has 0 saturated carbocycles. The van der Waals surface area contributed by atoms with Crippen LogP contribution in [0.5, 0.6) is 5.88 Å². The van der Waals surface area contributed by atoms with E-state index in [1.807, 2.05) is 30.3 Å². The zero-order valence-electron chi connectivity index (χ0n) is 11.6. The zero-order valence-corrected chi connectivity index (χ0v) is 12.4. The molecule has 0 atom stereocenters. The maximum absolute atomic E-state index is 10.0. The van der Waals surface area contributed by atoms with Crippen molar-refractivity contribution in [2.24, 2.45) is 4.99 Å². The van der Waals surface area contributed by atoms with Crippen molar-refractivity contribution in [3.05, 3.63) is 58.6 Å². The van der Waals surface area contributed by atoms with E-state index in [1.54, 1.807) is 12.3 Å². The van der Waals surface area contributed by atoms with Crippen molar-refractivity contribution in [2.75, 3.05) is 0 Å². The first-order chi connectivity index (χ1) is 10.2. The molecule has 0 bridgehead atoms. The molecule has 1 heterocycles. The lowest BCUT2D eigenvalue weighted by molar-refractivity contribution is 0.457. The molecule has 4 heteroatoms. The number of H-pyrrole nitrogens is 1. The van der Waals surface area contributed by atoms with E-state index in [4.69, 9.17) is 11.6 Å². The number of aromatic amines is 1. The number of nitrogens with zero attached hydrogens (tertiary/aromatic N) is 1. The number of aromatic hydroxyl groups is 1. The average Bonchev–Trinajstić information content (AvgIpc) is 2.80. The first-order valence-electron chi connectivity index (χ1n) is 6.81. The highest BCUT2D eigenvalue weighted by Gasteiger charge is 2.09. The van der Waals surface area contributed by atoms with Crippen LogP contribution in [0.2, 0.25) is 5.02 Å². The van der Waals surface area contributed by atoms with Gasteiger partial charge in [0.2, 0.25) is 0 Å². The topological polar surface area (TPSA) is 48.4 Å². The Hall–Kier alpha value is -2.26. The summed E-state index contributed by atoms with van der Waals surface area (Å²) in [5, 5.41) is 11.5. The summed E-state index contributed by atoms with van der Waals surface area (Å²) < 4.78 is 0. The molecular formula is C17H15ClN2O. The van der Waals surface area contributed by atoms with Crippen LogP contribution in [0.3, 0.4) is 0 Å². The number of halogens is 1. The summed E-state index contributed by atoms with van der Waals surface area (Å²) in [6.07, 6.45) is 2.60. The van der Waals surface area contributed by atoms with E-state index in [2.05, 4.69) is 23.0 Å². The molecule has 0 aliphatic rings. The van der Waals surface area contributed by atoms with Gasteiger partial charge in [-0.1, -0.05) is 36.7 Å². The molecule has 0 saturated heterocycles. The van der Waals surface area contributed by atoms with Gasteiger partial charge in [-0.3, -0.25) is 4.99 Å². The second-order valence-corrected chi connectivity index (χ2v) is 5.25. The molecule has 3 nitrogen and oxygen atoms in total. The molecule has 1 aromatic heterocycles.